The second-order valence-electron chi connectivity index (χ2n) is 9.14. The number of hydrogen-bond donors (Lipinski definition) is 0. The molecule has 1 aromatic rings. The van der Waals surface area contributed by atoms with Crippen molar-refractivity contribution in [1.82, 2.24) is 0 Å². The Kier molecular flexibility index (Phi) is 4.59. The molecular weight excluding hydrogens is 356 g/mol. The van der Waals surface area contributed by atoms with E-state index in [-0.39, 0.29) is 23.0 Å². The summed E-state index contributed by atoms with van der Waals surface area (Å²) in [4.78, 5) is 13.3. The van der Waals surface area contributed by atoms with Crippen LogP contribution in [0.4, 0.5) is 0 Å². The van der Waals surface area contributed by atoms with E-state index in [9.17, 15) is 4.79 Å². The summed E-state index contributed by atoms with van der Waals surface area (Å²) in [6.07, 6.45) is 7.40. The lowest BCUT2D eigenvalue weighted by Gasteiger charge is -2.61. The van der Waals surface area contributed by atoms with Crippen LogP contribution in [0.15, 0.2) is 41.2 Å². The van der Waals surface area contributed by atoms with Crippen LogP contribution in [-0.2, 0) is 19.0 Å². The van der Waals surface area contributed by atoms with Gasteiger partial charge in [0.2, 0.25) is 0 Å². The topological polar surface area (TPSA) is 57.9 Å². The van der Waals surface area contributed by atoms with Crippen LogP contribution in [0.25, 0.3) is 5.76 Å². The maximum Gasteiger partial charge on any atom is 0.174 e. The third-order valence-corrected chi connectivity index (χ3v) is 7.33. The molecule has 5 nitrogen and oxygen atoms in total. The lowest BCUT2D eigenvalue weighted by molar-refractivity contribution is -0.282. The SMILES string of the molecule is C=C1CC(=O)[C@H]2C(C)(C)C3(CC[C@]2(C)[C@H]1/C=C(/OC)c1ccoc1)OCCO3. The first-order chi connectivity index (χ1) is 13.2. The zero-order valence-corrected chi connectivity index (χ0v) is 17.2. The second kappa shape index (κ2) is 6.60. The largest absolute Gasteiger partial charge is 0.496 e. The second-order valence-corrected chi connectivity index (χ2v) is 9.14. The molecule has 0 aromatic carbocycles. The quantitative estimate of drug-likeness (QED) is 0.561. The number of Topliss-reactive ketones (excluding diaryl/α,β-unsaturated/α-hetero) is 1. The van der Waals surface area contributed by atoms with Crippen molar-refractivity contribution in [2.75, 3.05) is 20.3 Å². The van der Waals surface area contributed by atoms with Gasteiger partial charge in [0, 0.05) is 30.1 Å². The molecule has 1 aromatic heterocycles. The number of furan rings is 1. The van der Waals surface area contributed by atoms with Crippen LogP contribution >= 0.6 is 0 Å². The molecule has 3 aliphatic rings. The fraction of sp³-hybridized carbons (Fsp3) is 0.609. The third kappa shape index (κ3) is 2.63. The van der Waals surface area contributed by atoms with Gasteiger partial charge in [0.25, 0.3) is 0 Å². The number of allylic oxidation sites excluding steroid dienone is 2. The zero-order valence-electron chi connectivity index (χ0n) is 17.2. The fourth-order valence-corrected chi connectivity index (χ4v) is 6.07. The molecule has 2 heterocycles. The summed E-state index contributed by atoms with van der Waals surface area (Å²) in [6, 6.07) is 1.88. The summed E-state index contributed by atoms with van der Waals surface area (Å²) >= 11 is 0. The maximum absolute atomic E-state index is 13.3. The van der Waals surface area contributed by atoms with E-state index in [0.29, 0.717) is 19.6 Å². The Labute approximate surface area is 166 Å². The van der Waals surface area contributed by atoms with Crippen LogP contribution in [0.3, 0.4) is 0 Å². The number of hydrogen-bond acceptors (Lipinski definition) is 5. The molecule has 3 fully saturated rings. The number of carbonyl (C=O) groups excluding carboxylic acids is 1. The smallest absolute Gasteiger partial charge is 0.174 e. The van der Waals surface area contributed by atoms with Gasteiger partial charge in [-0.15, -0.1) is 0 Å². The predicted molar refractivity (Wildman–Crippen MR) is 105 cm³/mol. The average molecular weight is 386 g/mol. The Morgan fingerprint density at radius 3 is 2.57 bits per heavy atom. The molecule has 5 heteroatoms. The Balaban J connectivity index is 1.78. The van der Waals surface area contributed by atoms with Crippen molar-refractivity contribution < 1.29 is 23.4 Å². The molecule has 28 heavy (non-hydrogen) atoms. The number of rotatable bonds is 3. The van der Waals surface area contributed by atoms with Crippen molar-refractivity contribution in [2.45, 2.75) is 45.8 Å². The summed E-state index contributed by atoms with van der Waals surface area (Å²) in [6.45, 7) is 11.9. The van der Waals surface area contributed by atoms with Crippen LogP contribution in [0.2, 0.25) is 0 Å². The standard InChI is InChI=1S/C23H30O5/c1-15-12-18(24)20-21(2,3)23(27-10-11-28-23)8-7-22(20,4)17(15)13-19(25-5)16-6-9-26-14-16/h6,9,13-14,17,20H,1,7-8,10-12H2,2-5H3/b19-13+/t17-,20-,22+/m0/s1. The Bertz CT molecular complexity index is 797. The lowest BCUT2D eigenvalue weighted by atomic mass is 9.45. The fourth-order valence-electron chi connectivity index (χ4n) is 6.07. The predicted octanol–water partition coefficient (Wildman–Crippen LogP) is 4.60. The first-order valence-corrected chi connectivity index (χ1v) is 10.0. The molecule has 1 aliphatic heterocycles. The normalized spacial score (nSPS) is 34.5. The molecule has 0 bridgehead atoms. The van der Waals surface area contributed by atoms with Crippen molar-refractivity contribution in [2.24, 2.45) is 22.7 Å². The van der Waals surface area contributed by atoms with Crippen LogP contribution in [0.1, 0.15) is 45.6 Å². The third-order valence-electron chi connectivity index (χ3n) is 7.33. The van der Waals surface area contributed by atoms with E-state index in [2.05, 4.69) is 33.4 Å². The van der Waals surface area contributed by atoms with E-state index in [1.54, 1.807) is 19.6 Å². The highest BCUT2D eigenvalue weighted by Crippen LogP contribution is 2.64. The van der Waals surface area contributed by atoms with Gasteiger partial charge in [0.05, 0.1) is 32.2 Å². The van der Waals surface area contributed by atoms with Gasteiger partial charge in [-0.1, -0.05) is 32.9 Å². The van der Waals surface area contributed by atoms with Gasteiger partial charge in [-0.2, -0.15) is 0 Å². The molecule has 152 valence electrons. The number of fused-ring (bicyclic) bond motifs is 1. The molecule has 0 radical (unpaired) electrons. The van der Waals surface area contributed by atoms with Crippen molar-refractivity contribution >= 4 is 11.5 Å². The van der Waals surface area contributed by atoms with Gasteiger partial charge >= 0.3 is 0 Å². The van der Waals surface area contributed by atoms with E-state index in [0.717, 1.165) is 29.7 Å². The van der Waals surface area contributed by atoms with Gasteiger partial charge in [-0.3, -0.25) is 4.79 Å². The van der Waals surface area contributed by atoms with Gasteiger partial charge in [0.1, 0.15) is 17.8 Å². The average Bonchev–Trinajstić information content (AvgIpc) is 3.31. The minimum atomic E-state index is -0.672. The van der Waals surface area contributed by atoms with Crippen molar-refractivity contribution in [3.8, 4) is 0 Å². The zero-order chi connectivity index (χ0) is 20.2. The molecule has 0 N–H and O–H groups in total. The highest BCUT2D eigenvalue weighted by molar-refractivity contribution is 5.87. The van der Waals surface area contributed by atoms with Crippen LogP contribution in [0, 0.1) is 22.7 Å². The maximum atomic E-state index is 13.3. The first kappa shape index (κ1) is 19.5. The Morgan fingerprint density at radius 2 is 1.96 bits per heavy atom. The summed E-state index contributed by atoms with van der Waals surface area (Å²) < 4.78 is 23.1. The van der Waals surface area contributed by atoms with Gasteiger partial charge in [-0.25, -0.2) is 0 Å². The Hall–Kier alpha value is -1.85. The van der Waals surface area contributed by atoms with Gasteiger partial charge < -0.3 is 18.6 Å². The van der Waals surface area contributed by atoms with Crippen molar-refractivity contribution in [1.29, 1.82) is 0 Å². The molecule has 0 unspecified atom stereocenters. The minimum Gasteiger partial charge on any atom is -0.496 e. The minimum absolute atomic E-state index is 0.0260. The van der Waals surface area contributed by atoms with Gasteiger partial charge in [-0.05, 0) is 24.0 Å². The number of carbonyl (C=O) groups is 1. The number of methoxy groups -OCH3 is 1. The molecule has 3 atom stereocenters. The van der Waals surface area contributed by atoms with Crippen LogP contribution in [0.5, 0.6) is 0 Å². The van der Waals surface area contributed by atoms with Gasteiger partial charge in [0.15, 0.2) is 5.79 Å². The van der Waals surface area contributed by atoms with Crippen molar-refractivity contribution in [3.63, 3.8) is 0 Å². The molecule has 1 saturated heterocycles. The molecular formula is C23H30O5. The summed E-state index contributed by atoms with van der Waals surface area (Å²) in [5.41, 5.74) is 1.14. The summed E-state index contributed by atoms with van der Waals surface area (Å²) in [7, 11) is 1.66. The van der Waals surface area contributed by atoms with Crippen LogP contribution in [-0.4, -0.2) is 31.9 Å². The monoisotopic (exact) mass is 386 g/mol. The van der Waals surface area contributed by atoms with E-state index < -0.39 is 11.2 Å². The van der Waals surface area contributed by atoms with E-state index in [1.807, 2.05) is 6.07 Å². The lowest BCUT2D eigenvalue weighted by Crippen LogP contribution is -2.63. The number of ether oxygens (including phenoxy) is 3. The summed E-state index contributed by atoms with van der Waals surface area (Å²) in [5, 5.41) is 0. The van der Waals surface area contributed by atoms with Crippen LogP contribution < -0.4 is 0 Å². The molecule has 2 saturated carbocycles. The first-order valence-electron chi connectivity index (χ1n) is 10.0. The summed E-state index contributed by atoms with van der Waals surface area (Å²) in [5.74, 6) is 0.163. The van der Waals surface area contributed by atoms with E-state index in [1.165, 1.54) is 0 Å². The Morgan fingerprint density at radius 1 is 1.25 bits per heavy atom. The van der Waals surface area contributed by atoms with E-state index >= 15 is 0 Å². The molecule has 2 aliphatic carbocycles. The molecule has 4 rings (SSSR count). The number of ketones is 1. The van der Waals surface area contributed by atoms with E-state index in [4.69, 9.17) is 18.6 Å². The van der Waals surface area contributed by atoms with Crippen molar-refractivity contribution in [3.05, 3.63) is 42.4 Å². The molecule has 0 amide bonds. The molecule has 1 spiro atoms. The highest BCUT2D eigenvalue weighted by atomic mass is 16.7. The highest BCUT2D eigenvalue weighted by Gasteiger charge is 2.66.